The van der Waals surface area contributed by atoms with Crippen LogP contribution in [0.5, 0.6) is 0 Å². The maximum absolute atomic E-state index is 11.4. The van der Waals surface area contributed by atoms with Crippen LogP contribution in [-0.2, 0) is 9.59 Å². The molecule has 3 nitrogen and oxygen atoms in total. The number of rotatable bonds is 6. The lowest BCUT2D eigenvalue weighted by molar-refractivity contribution is -0.132. The Morgan fingerprint density at radius 1 is 1.15 bits per heavy atom. The monoisotopic (exact) mass is 205 g/mol. The van der Waals surface area contributed by atoms with E-state index in [9.17, 15) is 9.59 Å². The third-order valence-corrected chi connectivity index (χ3v) is 2.18. The number of carbonyl (C=O) groups is 2. The van der Waals surface area contributed by atoms with Crippen LogP contribution in [0.15, 0.2) is 0 Å². The van der Waals surface area contributed by atoms with Gasteiger partial charge in [-0.3, -0.25) is 9.59 Å². The summed E-state index contributed by atoms with van der Waals surface area (Å²) in [5.74, 6) is -0.0310. The lowest BCUT2D eigenvalue weighted by Crippen LogP contribution is -2.30. The summed E-state index contributed by atoms with van der Waals surface area (Å²) >= 11 is 5.31. The van der Waals surface area contributed by atoms with Gasteiger partial charge in [0.2, 0.25) is 5.91 Å². The van der Waals surface area contributed by atoms with Crippen molar-refractivity contribution in [2.45, 2.75) is 26.7 Å². The van der Waals surface area contributed by atoms with Crippen molar-refractivity contribution in [1.82, 2.24) is 4.90 Å². The number of ketones is 1. The van der Waals surface area contributed by atoms with Gasteiger partial charge in [-0.2, -0.15) is 0 Å². The van der Waals surface area contributed by atoms with Gasteiger partial charge < -0.3 is 4.90 Å². The Balaban J connectivity index is 3.79. The first-order valence-corrected chi connectivity index (χ1v) is 5.04. The van der Waals surface area contributed by atoms with Crippen LogP contribution >= 0.6 is 11.6 Å². The largest absolute Gasteiger partial charge is 0.343 e. The van der Waals surface area contributed by atoms with Crippen molar-refractivity contribution in [3.05, 3.63) is 0 Å². The molecule has 0 atom stereocenters. The fourth-order valence-electron chi connectivity index (χ4n) is 1.05. The SMILES string of the molecule is CCN(CC)C(=O)CCC(=O)CCl. The van der Waals surface area contributed by atoms with Crippen LogP contribution in [0.3, 0.4) is 0 Å². The molecule has 76 valence electrons. The van der Waals surface area contributed by atoms with Gasteiger partial charge in [-0.1, -0.05) is 0 Å². The Bertz CT molecular complexity index is 178. The van der Waals surface area contributed by atoms with Crippen LogP contribution in [0.25, 0.3) is 0 Å². The molecule has 0 aliphatic heterocycles. The zero-order valence-corrected chi connectivity index (χ0v) is 8.93. The van der Waals surface area contributed by atoms with Gasteiger partial charge in [0.1, 0.15) is 5.78 Å². The predicted octanol–water partition coefficient (Wildman–Crippen LogP) is 1.44. The molecule has 0 aromatic rings. The van der Waals surface area contributed by atoms with Crippen molar-refractivity contribution in [1.29, 1.82) is 0 Å². The third-order valence-electron chi connectivity index (χ3n) is 1.88. The quantitative estimate of drug-likeness (QED) is 0.616. The number of amides is 1. The number of hydrogen-bond donors (Lipinski definition) is 0. The summed E-state index contributed by atoms with van der Waals surface area (Å²) in [6.45, 7) is 5.24. The van der Waals surface area contributed by atoms with Gasteiger partial charge in [0.15, 0.2) is 0 Å². The van der Waals surface area contributed by atoms with Gasteiger partial charge in [-0.15, -0.1) is 11.6 Å². The number of halogens is 1. The molecule has 0 aromatic carbocycles. The maximum atomic E-state index is 11.4. The summed E-state index contributed by atoms with van der Waals surface area (Å²) in [5, 5.41) is 0. The van der Waals surface area contributed by atoms with Gasteiger partial charge >= 0.3 is 0 Å². The highest BCUT2D eigenvalue weighted by Gasteiger charge is 2.10. The fourth-order valence-corrected chi connectivity index (χ4v) is 1.18. The molecule has 0 radical (unpaired) electrons. The molecule has 1 amide bonds. The van der Waals surface area contributed by atoms with Crippen molar-refractivity contribution in [2.24, 2.45) is 0 Å². The Kier molecular flexibility index (Phi) is 6.59. The Labute approximate surface area is 84.0 Å². The smallest absolute Gasteiger partial charge is 0.222 e. The van der Waals surface area contributed by atoms with E-state index in [0.717, 1.165) is 0 Å². The Morgan fingerprint density at radius 2 is 1.69 bits per heavy atom. The van der Waals surface area contributed by atoms with Gasteiger partial charge in [0.25, 0.3) is 0 Å². The van der Waals surface area contributed by atoms with Crippen LogP contribution in [-0.4, -0.2) is 35.6 Å². The maximum Gasteiger partial charge on any atom is 0.222 e. The molecule has 13 heavy (non-hydrogen) atoms. The van der Waals surface area contributed by atoms with E-state index < -0.39 is 0 Å². The fraction of sp³-hybridized carbons (Fsp3) is 0.778. The highest BCUT2D eigenvalue weighted by Crippen LogP contribution is 1.99. The zero-order valence-electron chi connectivity index (χ0n) is 8.18. The lowest BCUT2D eigenvalue weighted by Gasteiger charge is -2.17. The van der Waals surface area contributed by atoms with E-state index >= 15 is 0 Å². The van der Waals surface area contributed by atoms with Gasteiger partial charge in [-0.05, 0) is 13.8 Å². The summed E-state index contributed by atoms with van der Waals surface area (Å²) in [5.41, 5.74) is 0. The summed E-state index contributed by atoms with van der Waals surface area (Å²) in [4.78, 5) is 23.9. The topological polar surface area (TPSA) is 37.4 Å². The predicted molar refractivity (Wildman–Crippen MR) is 52.9 cm³/mol. The number of Topliss-reactive ketones (excluding diaryl/α,β-unsaturated/α-hetero) is 1. The van der Waals surface area contributed by atoms with Crippen LogP contribution in [0.1, 0.15) is 26.7 Å². The van der Waals surface area contributed by atoms with E-state index in [2.05, 4.69) is 0 Å². The van der Waals surface area contributed by atoms with Crippen LogP contribution in [0.4, 0.5) is 0 Å². The van der Waals surface area contributed by atoms with Crippen molar-refractivity contribution in [2.75, 3.05) is 19.0 Å². The standard InChI is InChI=1S/C9H16ClNO2/c1-3-11(4-2)9(13)6-5-8(12)7-10/h3-7H2,1-2H3. The minimum Gasteiger partial charge on any atom is -0.343 e. The normalized spacial score (nSPS) is 9.77. The van der Waals surface area contributed by atoms with Gasteiger partial charge in [-0.25, -0.2) is 0 Å². The van der Waals surface area contributed by atoms with Crippen molar-refractivity contribution < 1.29 is 9.59 Å². The molecule has 0 N–H and O–H groups in total. The molecule has 0 aromatic heterocycles. The van der Waals surface area contributed by atoms with Crippen LogP contribution in [0.2, 0.25) is 0 Å². The molecule has 4 heteroatoms. The van der Waals surface area contributed by atoms with Crippen LogP contribution < -0.4 is 0 Å². The molecule has 0 saturated carbocycles. The molecule has 0 heterocycles. The van der Waals surface area contributed by atoms with E-state index in [1.165, 1.54) is 0 Å². The lowest BCUT2D eigenvalue weighted by atomic mass is 10.2. The average molecular weight is 206 g/mol. The first kappa shape index (κ1) is 12.4. The highest BCUT2D eigenvalue weighted by molar-refractivity contribution is 6.27. The first-order chi connectivity index (χ1) is 6.15. The summed E-state index contributed by atoms with van der Waals surface area (Å²) in [7, 11) is 0. The first-order valence-electron chi connectivity index (χ1n) is 4.51. The summed E-state index contributed by atoms with van der Waals surface area (Å²) in [6.07, 6.45) is 0.548. The molecule has 0 bridgehead atoms. The molecule has 0 fully saturated rings. The molecule has 0 spiro atoms. The number of carbonyl (C=O) groups excluding carboxylic acids is 2. The molecule has 0 aliphatic carbocycles. The minimum absolute atomic E-state index is 0.00549. The molecular weight excluding hydrogens is 190 g/mol. The third kappa shape index (κ3) is 4.88. The second-order valence-corrected chi connectivity index (χ2v) is 3.01. The average Bonchev–Trinajstić information content (AvgIpc) is 2.16. The number of nitrogens with zero attached hydrogens (tertiary/aromatic N) is 1. The number of alkyl halides is 1. The van der Waals surface area contributed by atoms with Crippen LogP contribution in [0, 0.1) is 0 Å². The Hall–Kier alpha value is -0.570. The van der Waals surface area contributed by atoms with E-state index in [0.29, 0.717) is 13.1 Å². The van der Waals surface area contributed by atoms with Gasteiger partial charge in [0.05, 0.1) is 5.88 Å². The number of hydrogen-bond acceptors (Lipinski definition) is 2. The highest BCUT2D eigenvalue weighted by atomic mass is 35.5. The van der Waals surface area contributed by atoms with E-state index in [4.69, 9.17) is 11.6 Å². The minimum atomic E-state index is -0.0674. The second-order valence-electron chi connectivity index (χ2n) is 2.74. The van der Waals surface area contributed by atoms with Crippen molar-refractivity contribution in [3.63, 3.8) is 0 Å². The van der Waals surface area contributed by atoms with Gasteiger partial charge in [0, 0.05) is 25.9 Å². The van der Waals surface area contributed by atoms with Crippen molar-refractivity contribution in [3.8, 4) is 0 Å². The molecule has 0 unspecified atom stereocenters. The summed E-state index contributed by atoms with van der Waals surface area (Å²) < 4.78 is 0. The zero-order chi connectivity index (χ0) is 10.3. The molecule has 0 aliphatic rings. The molecular formula is C9H16ClNO2. The molecule has 0 saturated heterocycles. The second kappa shape index (κ2) is 6.89. The van der Waals surface area contributed by atoms with E-state index in [1.54, 1.807) is 4.90 Å². The molecule has 0 rings (SSSR count). The summed E-state index contributed by atoms with van der Waals surface area (Å²) in [6, 6.07) is 0. The van der Waals surface area contributed by atoms with Crippen molar-refractivity contribution >= 4 is 23.3 Å². The van der Waals surface area contributed by atoms with E-state index in [-0.39, 0.29) is 30.4 Å². The Morgan fingerprint density at radius 3 is 2.08 bits per heavy atom. The van der Waals surface area contributed by atoms with E-state index in [1.807, 2.05) is 13.8 Å².